The third kappa shape index (κ3) is 3.59. The minimum atomic E-state index is -3.32. The number of hydrogen-bond acceptors (Lipinski definition) is 5. The molecule has 2 aliphatic rings. The molecule has 1 heterocycles. The highest BCUT2D eigenvalue weighted by atomic mass is 32.2. The van der Waals surface area contributed by atoms with Gasteiger partial charge in [-0.3, -0.25) is 4.72 Å². The summed E-state index contributed by atoms with van der Waals surface area (Å²) in [4.78, 5) is 5.66. The number of likely N-dealkylation sites (N-methyl/N-ethyl adjacent to an activating group) is 1. The molecular formula is C12H19N3O4S. The summed E-state index contributed by atoms with van der Waals surface area (Å²) in [5.74, 6) is 0.0813. The van der Waals surface area contributed by atoms with E-state index in [1.807, 2.05) is 0 Å². The Balaban J connectivity index is 1.88. The highest BCUT2D eigenvalue weighted by Gasteiger charge is 2.36. The molecule has 8 heteroatoms. The highest BCUT2D eigenvalue weighted by molar-refractivity contribution is 7.90. The molecular weight excluding hydrogens is 282 g/mol. The predicted molar refractivity (Wildman–Crippen MR) is 75.3 cm³/mol. The SMILES string of the molecule is C=CC1OCOC1N(C)/C=N\C(=C)NS(=O)(=O)C1CC1. The summed E-state index contributed by atoms with van der Waals surface area (Å²) in [5, 5.41) is -0.302. The van der Waals surface area contributed by atoms with E-state index < -0.39 is 10.0 Å². The molecule has 0 spiro atoms. The van der Waals surface area contributed by atoms with Crippen LogP contribution in [-0.2, 0) is 19.5 Å². The summed E-state index contributed by atoms with van der Waals surface area (Å²) < 4.78 is 36.4. The Labute approximate surface area is 119 Å². The number of nitrogens with one attached hydrogen (secondary N) is 1. The Morgan fingerprint density at radius 2 is 2.15 bits per heavy atom. The minimum absolute atomic E-state index is 0.0813. The lowest BCUT2D eigenvalue weighted by molar-refractivity contribution is 0.0125. The Morgan fingerprint density at radius 1 is 1.45 bits per heavy atom. The van der Waals surface area contributed by atoms with E-state index >= 15 is 0 Å². The lowest BCUT2D eigenvalue weighted by Gasteiger charge is -2.23. The van der Waals surface area contributed by atoms with Gasteiger partial charge in [-0.25, -0.2) is 13.4 Å². The van der Waals surface area contributed by atoms with Crippen LogP contribution in [0.25, 0.3) is 0 Å². The third-order valence-electron chi connectivity index (χ3n) is 3.03. The van der Waals surface area contributed by atoms with Gasteiger partial charge in [-0.05, 0) is 12.8 Å². The Morgan fingerprint density at radius 3 is 2.75 bits per heavy atom. The van der Waals surface area contributed by atoms with Crippen LogP contribution in [0.5, 0.6) is 0 Å². The molecule has 2 rings (SSSR count). The molecule has 2 fully saturated rings. The standard InChI is InChI=1S/C12H19N3O4S/c1-4-11-12(19-8-18-11)15(3)7-13-9(2)14-20(16,17)10-5-6-10/h4,7,10-12,14H,1-2,5-6,8H2,3H3/b13-7-. The van der Waals surface area contributed by atoms with Crippen LogP contribution in [0.2, 0.25) is 0 Å². The van der Waals surface area contributed by atoms with Crippen LogP contribution in [0.1, 0.15) is 12.8 Å². The summed E-state index contributed by atoms with van der Waals surface area (Å²) in [6, 6.07) is 0. The lowest BCUT2D eigenvalue weighted by Crippen LogP contribution is -2.37. The second-order valence-corrected chi connectivity index (χ2v) is 6.71. The van der Waals surface area contributed by atoms with Crippen LogP contribution >= 0.6 is 0 Å². The second-order valence-electron chi connectivity index (χ2n) is 4.75. The van der Waals surface area contributed by atoms with Crippen molar-refractivity contribution in [3.05, 3.63) is 25.1 Å². The van der Waals surface area contributed by atoms with Crippen molar-refractivity contribution in [1.29, 1.82) is 0 Å². The van der Waals surface area contributed by atoms with Gasteiger partial charge in [0.25, 0.3) is 0 Å². The van der Waals surface area contributed by atoms with Crippen LogP contribution in [0, 0.1) is 0 Å². The molecule has 0 aromatic rings. The number of nitrogens with zero attached hydrogens (tertiary/aromatic N) is 2. The van der Waals surface area contributed by atoms with E-state index in [1.54, 1.807) is 18.0 Å². The Bertz CT molecular complexity index is 513. The van der Waals surface area contributed by atoms with E-state index in [2.05, 4.69) is 22.9 Å². The molecule has 0 amide bonds. The highest BCUT2D eigenvalue weighted by Crippen LogP contribution is 2.27. The first-order chi connectivity index (χ1) is 9.44. The van der Waals surface area contributed by atoms with Crippen LogP contribution < -0.4 is 4.72 Å². The number of aliphatic imine (C=N–C) groups is 1. The van der Waals surface area contributed by atoms with Gasteiger partial charge in [0.05, 0.1) is 11.6 Å². The normalized spacial score (nSPS) is 26.6. The topological polar surface area (TPSA) is 80.2 Å². The molecule has 2 atom stereocenters. The molecule has 0 radical (unpaired) electrons. The molecule has 0 bridgehead atoms. The van der Waals surface area contributed by atoms with Crippen molar-refractivity contribution in [2.24, 2.45) is 4.99 Å². The van der Waals surface area contributed by atoms with Gasteiger partial charge < -0.3 is 14.4 Å². The second kappa shape index (κ2) is 5.94. The van der Waals surface area contributed by atoms with E-state index in [1.165, 1.54) is 6.34 Å². The average Bonchev–Trinajstić information content (AvgIpc) is 3.15. The van der Waals surface area contributed by atoms with Crippen molar-refractivity contribution in [1.82, 2.24) is 9.62 Å². The lowest BCUT2D eigenvalue weighted by atomic mass is 10.3. The molecule has 1 saturated heterocycles. The zero-order valence-corrected chi connectivity index (χ0v) is 12.2. The zero-order chi connectivity index (χ0) is 14.8. The quantitative estimate of drug-likeness (QED) is 0.418. The van der Waals surface area contributed by atoms with Gasteiger partial charge in [0, 0.05) is 7.05 Å². The first-order valence-electron chi connectivity index (χ1n) is 6.26. The zero-order valence-electron chi connectivity index (χ0n) is 11.4. The van der Waals surface area contributed by atoms with E-state index in [0.29, 0.717) is 12.8 Å². The van der Waals surface area contributed by atoms with Gasteiger partial charge in [-0.15, -0.1) is 6.58 Å². The fourth-order valence-corrected chi connectivity index (χ4v) is 3.08. The molecule has 1 aliphatic carbocycles. The van der Waals surface area contributed by atoms with E-state index in [9.17, 15) is 8.42 Å². The summed E-state index contributed by atoms with van der Waals surface area (Å²) in [7, 11) is -1.57. The van der Waals surface area contributed by atoms with Crippen LogP contribution in [0.3, 0.4) is 0 Å². The molecule has 1 saturated carbocycles. The maximum atomic E-state index is 11.7. The van der Waals surface area contributed by atoms with E-state index in [-0.39, 0.29) is 30.2 Å². The molecule has 1 N–H and O–H groups in total. The molecule has 7 nitrogen and oxygen atoms in total. The molecule has 0 aromatic heterocycles. The Kier molecular flexibility index (Phi) is 4.46. The van der Waals surface area contributed by atoms with Crippen molar-refractivity contribution in [2.75, 3.05) is 13.8 Å². The Hall–Kier alpha value is -1.38. The molecule has 20 heavy (non-hydrogen) atoms. The molecule has 112 valence electrons. The van der Waals surface area contributed by atoms with Crippen molar-refractivity contribution < 1.29 is 17.9 Å². The summed E-state index contributed by atoms with van der Waals surface area (Å²) in [6.45, 7) is 7.43. The van der Waals surface area contributed by atoms with Crippen molar-refractivity contribution in [3.8, 4) is 0 Å². The number of hydrogen-bond donors (Lipinski definition) is 1. The molecule has 2 unspecified atom stereocenters. The maximum absolute atomic E-state index is 11.7. The van der Waals surface area contributed by atoms with E-state index in [4.69, 9.17) is 9.47 Å². The van der Waals surface area contributed by atoms with Crippen LogP contribution in [0.4, 0.5) is 0 Å². The fraction of sp³-hybridized carbons (Fsp3) is 0.583. The minimum Gasteiger partial charge on any atom is -0.343 e. The van der Waals surface area contributed by atoms with Crippen molar-refractivity contribution in [3.63, 3.8) is 0 Å². The smallest absolute Gasteiger partial charge is 0.236 e. The average molecular weight is 301 g/mol. The molecule has 1 aliphatic heterocycles. The van der Waals surface area contributed by atoms with Crippen LogP contribution in [0.15, 0.2) is 30.0 Å². The largest absolute Gasteiger partial charge is 0.343 e. The van der Waals surface area contributed by atoms with E-state index in [0.717, 1.165) is 0 Å². The first kappa shape index (κ1) is 15.0. The first-order valence-corrected chi connectivity index (χ1v) is 7.81. The maximum Gasteiger partial charge on any atom is 0.236 e. The summed E-state index contributed by atoms with van der Waals surface area (Å²) in [6.07, 6.45) is 3.91. The van der Waals surface area contributed by atoms with Gasteiger partial charge >= 0.3 is 0 Å². The third-order valence-corrected chi connectivity index (χ3v) is 4.90. The van der Waals surface area contributed by atoms with Gasteiger partial charge in [-0.1, -0.05) is 12.7 Å². The monoisotopic (exact) mass is 301 g/mol. The number of sulfonamides is 1. The van der Waals surface area contributed by atoms with Gasteiger partial charge in [0.15, 0.2) is 13.0 Å². The summed E-state index contributed by atoms with van der Waals surface area (Å²) >= 11 is 0. The van der Waals surface area contributed by atoms with Gasteiger partial charge in [0.1, 0.15) is 11.9 Å². The predicted octanol–water partition coefficient (Wildman–Crippen LogP) is 0.385. The summed E-state index contributed by atoms with van der Waals surface area (Å²) in [5.41, 5.74) is 0. The molecule has 0 aromatic carbocycles. The van der Waals surface area contributed by atoms with Crippen molar-refractivity contribution >= 4 is 16.4 Å². The van der Waals surface area contributed by atoms with Gasteiger partial charge in [0.2, 0.25) is 10.0 Å². The number of rotatable bonds is 7. The fourth-order valence-electron chi connectivity index (χ4n) is 1.78. The van der Waals surface area contributed by atoms with Gasteiger partial charge in [-0.2, -0.15) is 0 Å². The van der Waals surface area contributed by atoms with Crippen LogP contribution in [-0.4, -0.2) is 51.1 Å². The number of ether oxygens (including phenoxy) is 2. The van der Waals surface area contributed by atoms with Crippen molar-refractivity contribution in [2.45, 2.75) is 30.4 Å².